The minimum absolute atomic E-state index is 0.0496. The molecule has 2 fully saturated rings. The standard InChI is InChI=1S/C16H24N4O2/c21-15(11-14-5-2-1-3-6-14)19-9-4-7-16(22,12-19)13-20-10-8-17-18-20/h8,10-11,22H,1-7,9,12-13H2. The maximum absolute atomic E-state index is 12.5. The molecule has 22 heavy (non-hydrogen) atoms. The summed E-state index contributed by atoms with van der Waals surface area (Å²) in [6.07, 6.45) is 12.4. The highest BCUT2D eigenvalue weighted by atomic mass is 16.3. The van der Waals surface area contributed by atoms with Crippen LogP contribution in [0.25, 0.3) is 0 Å². The molecular formula is C16H24N4O2. The van der Waals surface area contributed by atoms with Crippen molar-refractivity contribution in [3.05, 3.63) is 24.0 Å². The molecule has 1 aromatic heterocycles. The molecule has 1 aliphatic carbocycles. The molecule has 1 N–H and O–H groups in total. The van der Waals surface area contributed by atoms with Crippen LogP contribution in [0.2, 0.25) is 0 Å². The van der Waals surface area contributed by atoms with Gasteiger partial charge in [-0.1, -0.05) is 17.2 Å². The number of hydrogen-bond donors (Lipinski definition) is 1. The monoisotopic (exact) mass is 304 g/mol. The van der Waals surface area contributed by atoms with E-state index in [-0.39, 0.29) is 5.91 Å². The van der Waals surface area contributed by atoms with Gasteiger partial charge in [-0.05, 0) is 38.5 Å². The van der Waals surface area contributed by atoms with E-state index in [1.807, 2.05) is 0 Å². The zero-order valence-electron chi connectivity index (χ0n) is 12.9. The van der Waals surface area contributed by atoms with Crippen LogP contribution in [0.5, 0.6) is 0 Å². The van der Waals surface area contributed by atoms with Crippen LogP contribution in [-0.2, 0) is 11.3 Å². The zero-order chi connectivity index (χ0) is 15.4. The molecule has 1 aliphatic heterocycles. The van der Waals surface area contributed by atoms with Gasteiger partial charge in [-0.2, -0.15) is 0 Å². The van der Waals surface area contributed by atoms with Crippen molar-refractivity contribution in [1.29, 1.82) is 0 Å². The third kappa shape index (κ3) is 3.74. The average Bonchev–Trinajstić information content (AvgIpc) is 3.00. The highest BCUT2D eigenvalue weighted by Gasteiger charge is 2.35. The van der Waals surface area contributed by atoms with Gasteiger partial charge in [0.15, 0.2) is 0 Å². The molecule has 0 spiro atoms. The molecule has 6 nitrogen and oxygen atoms in total. The molecule has 6 heteroatoms. The predicted octanol–water partition coefficient (Wildman–Crippen LogP) is 1.52. The number of likely N-dealkylation sites (tertiary alicyclic amines) is 1. The number of allylic oxidation sites excluding steroid dienone is 1. The Kier molecular flexibility index (Phi) is 4.57. The summed E-state index contributed by atoms with van der Waals surface area (Å²) in [7, 11) is 0. The maximum atomic E-state index is 12.5. The first-order valence-electron chi connectivity index (χ1n) is 8.19. The lowest BCUT2D eigenvalue weighted by Crippen LogP contribution is -2.52. The van der Waals surface area contributed by atoms with E-state index in [1.54, 1.807) is 28.1 Å². The number of carbonyl (C=O) groups excluding carboxylic acids is 1. The number of hydrogen-bond acceptors (Lipinski definition) is 4. The van der Waals surface area contributed by atoms with Crippen molar-refractivity contribution in [2.75, 3.05) is 13.1 Å². The molecule has 1 saturated carbocycles. The normalized spacial score (nSPS) is 26.0. The van der Waals surface area contributed by atoms with Crippen molar-refractivity contribution in [3.8, 4) is 0 Å². The Balaban J connectivity index is 1.63. The second-order valence-corrected chi connectivity index (χ2v) is 6.55. The maximum Gasteiger partial charge on any atom is 0.246 e. The summed E-state index contributed by atoms with van der Waals surface area (Å²) >= 11 is 0. The van der Waals surface area contributed by atoms with Crippen LogP contribution in [0, 0.1) is 0 Å². The lowest BCUT2D eigenvalue weighted by molar-refractivity contribution is -0.134. The van der Waals surface area contributed by atoms with Gasteiger partial charge in [0, 0.05) is 18.8 Å². The highest BCUT2D eigenvalue weighted by Crippen LogP contribution is 2.25. The molecule has 1 saturated heterocycles. The Bertz CT molecular complexity index is 532. The minimum Gasteiger partial charge on any atom is -0.386 e. The SMILES string of the molecule is O=C(C=C1CCCCC1)N1CCCC(O)(Cn2ccnn2)C1. The molecule has 1 atom stereocenters. The van der Waals surface area contributed by atoms with E-state index < -0.39 is 5.60 Å². The van der Waals surface area contributed by atoms with Crippen molar-refractivity contribution in [1.82, 2.24) is 19.9 Å². The number of piperidine rings is 1. The first-order valence-corrected chi connectivity index (χ1v) is 8.19. The van der Waals surface area contributed by atoms with Gasteiger partial charge in [-0.15, -0.1) is 5.10 Å². The topological polar surface area (TPSA) is 71.2 Å². The van der Waals surface area contributed by atoms with E-state index in [9.17, 15) is 9.90 Å². The number of nitrogens with zero attached hydrogens (tertiary/aromatic N) is 4. The van der Waals surface area contributed by atoms with Gasteiger partial charge in [0.1, 0.15) is 5.60 Å². The van der Waals surface area contributed by atoms with Crippen molar-refractivity contribution in [2.45, 2.75) is 57.1 Å². The fourth-order valence-electron chi connectivity index (χ4n) is 3.46. The lowest BCUT2D eigenvalue weighted by Gasteiger charge is -2.38. The summed E-state index contributed by atoms with van der Waals surface area (Å²) in [5.74, 6) is 0.0496. The molecule has 1 amide bonds. The van der Waals surface area contributed by atoms with E-state index in [0.717, 1.165) is 25.8 Å². The van der Waals surface area contributed by atoms with Crippen LogP contribution in [0.4, 0.5) is 0 Å². The van der Waals surface area contributed by atoms with Gasteiger partial charge >= 0.3 is 0 Å². The molecule has 2 aliphatic rings. The van der Waals surface area contributed by atoms with E-state index in [0.29, 0.717) is 19.5 Å². The van der Waals surface area contributed by atoms with Crippen LogP contribution in [0.1, 0.15) is 44.9 Å². The third-order valence-electron chi connectivity index (χ3n) is 4.62. The lowest BCUT2D eigenvalue weighted by atomic mass is 9.91. The molecule has 3 rings (SSSR count). The quantitative estimate of drug-likeness (QED) is 0.860. The van der Waals surface area contributed by atoms with Crippen LogP contribution < -0.4 is 0 Å². The van der Waals surface area contributed by atoms with Crippen molar-refractivity contribution in [3.63, 3.8) is 0 Å². The summed E-state index contributed by atoms with van der Waals surface area (Å²) in [6.45, 7) is 1.48. The summed E-state index contributed by atoms with van der Waals surface area (Å²) in [5.41, 5.74) is 0.355. The van der Waals surface area contributed by atoms with Crippen molar-refractivity contribution < 1.29 is 9.90 Å². The summed E-state index contributed by atoms with van der Waals surface area (Å²) in [6, 6.07) is 0. The molecule has 1 unspecified atom stereocenters. The Morgan fingerprint density at radius 2 is 2.14 bits per heavy atom. The van der Waals surface area contributed by atoms with Gasteiger partial charge in [0.05, 0.1) is 19.3 Å². The van der Waals surface area contributed by atoms with Crippen LogP contribution >= 0.6 is 0 Å². The van der Waals surface area contributed by atoms with Gasteiger partial charge in [-0.3, -0.25) is 4.79 Å². The fraction of sp³-hybridized carbons (Fsp3) is 0.688. The number of rotatable bonds is 3. The number of aliphatic hydroxyl groups is 1. The molecular weight excluding hydrogens is 280 g/mol. The first-order chi connectivity index (χ1) is 10.6. The molecule has 0 aromatic carbocycles. The van der Waals surface area contributed by atoms with E-state index in [2.05, 4.69) is 10.3 Å². The smallest absolute Gasteiger partial charge is 0.246 e. The van der Waals surface area contributed by atoms with Crippen LogP contribution in [0.15, 0.2) is 24.0 Å². The minimum atomic E-state index is -0.910. The molecule has 2 heterocycles. The van der Waals surface area contributed by atoms with Gasteiger partial charge < -0.3 is 10.0 Å². The Morgan fingerprint density at radius 1 is 1.32 bits per heavy atom. The summed E-state index contributed by atoms with van der Waals surface area (Å²) in [5, 5.41) is 18.4. The highest BCUT2D eigenvalue weighted by molar-refractivity contribution is 5.88. The molecule has 120 valence electrons. The number of β-amino-alcohol motifs (C(OH)–C–C–N with tert-alkyl or cyclic N) is 1. The summed E-state index contributed by atoms with van der Waals surface area (Å²) in [4.78, 5) is 14.2. The zero-order valence-corrected chi connectivity index (χ0v) is 12.9. The van der Waals surface area contributed by atoms with Crippen LogP contribution in [0.3, 0.4) is 0 Å². The fourth-order valence-corrected chi connectivity index (χ4v) is 3.46. The Labute approximate surface area is 130 Å². The summed E-state index contributed by atoms with van der Waals surface area (Å²) < 4.78 is 1.63. The van der Waals surface area contributed by atoms with Gasteiger partial charge in [0.25, 0.3) is 0 Å². The van der Waals surface area contributed by atoms with Crippen molar-refractivity contribution in [2.24, 2.45) is 0 Å². The number of amides is 1. The number of aromatic nitrogens is 3. The van der Waals surface area contributed by atoms with Gasteiger partial charge in [0.2, 0.25) is 5.91 Å². The number of carbonyl (C=O) groups is 1. The predicted molar refractivity (Wildman–Crippen MR) is 82.0 cm³/mol. The molecule has 0 radical (unpaired) electrons. The molecule has 0 bridgehead atoms. The average molecular weight is 304 g/mol. The Morgan fingerprint density at radius 3 is 2.86 bits per heavy atom. The molecule has 1 aromatic rings. The van der Waals surface area contributed by atoms with E-state index in [1.165, 1.54) is 24.8 Å². The van der Waals surface area contributed by atoms with Gasteiger partial charge in [-0.25, -0.2) is 4.68 Å². The van der Waals surface area contributed by atoms with Crippen molar-refractivity contribution >= 4 is 5.91 Å². The second kappa shape index (κ2) is 6.60. The first kappa shape index (κ1) is 15.2. The largest absolute Gasteiger partial charge is 0.386 e. The Hall–Kier alpha value is -1.69. The second-order valence-electron chi connectivity index (χ2n) is 6.55. The van der Waals surface area contributed by atoms with E-state index in [4.69, 9.17) is 0 Å². The third-order valence-corrected chi connectivity index (χ3v) is 4.62. The van der Waals surface area contributed by atoms with Crippen LogP contribution in [-0.4, -0.2) is 49.6 Å². The van der Waals surface area contributed by atoms with E-state index >= 15 is 0 Å².